The minimum Gasteiger partial charge on any atom is -0.466 e. The van der Waals surface area contributed by atoms with Crippen molar-refractivity contribution >= 4 is 5.97 Å². The number of esters is 1. The molecule has 0 saturated heterocycles. The molecule has 0 aliphatic rings. The van der Waals surface area contributed by atoms with Crippen molar-refractivity contribution in [1.29, 1.82) is 0 Å². The molecule has 0 aromatic carbocycles. The van der Waals surface area contributed by atoms with E-state index in [1.165, 1.54) is 57.8 Å². The lowest BCUT2D eigenvalue weighted by molar-refractivity contribution is -0.143. The first kappa shape index (κ1) is 19.8. The fraction of sp³-hybridized carbons (Fsp3) is 0.933. The summed E-state index contributed by atoms with van der Waals surface area (Å²) < 4.78 is 4.89. The highest BCUT2D eigenvalue weighted by molar-refractivity contribution is 5.69. The zero-order valence-corrected chi connectivity index (χ0v) is 12.5. The Hall–Kier alpha value is -0.570. The van der Waals surface area contributed by atoms with Crippen molar-refractivity contribution in [2.45, 2.75) is 84.5 Å². The summed E-state index contributed by atoms with van der Waals surface area (Å²) in [6.45, 7) is 4.62. The molecule has 110 valence electrons. The van der Waals surface area contributed by atoms with Crippen molar-refractivity contribution in [2.24, 2.45) is 0 Å². The molecule has 0 heterocycles. The van der Waals surface area contributed by atoms with Crippen LogP contribution in [0.3, 0.4) is 0 Å². The van der Waals surface area contributed by atoms with Gasteiger partial charge in [-0.1, -0.05) is 64.7 Å². The van der Waals surface area contributed by atoms with Crippen molar-refractivity contribution in [3.05, 3.63) is 0 Å². The number of rotatable bonds is 12. The Morgan fingerprint density at radius 2 is 1.22 bits per heavy atom. The van der Waals surface area contributed by atoms with Crippen molar-refractivity contribution in [2.75, 3.05) is 6.61 Å². The van der Waals surface area contributed by atoms with Gasteiger partial charge in [0, 0.05) is 6.42 Å². The molecule has 0 saturated carbocycles. The van der Waals surface area contributed by atoms with E-state index in [1.54, 1.807) is 0 Å². The Bertz CT molecular complexity index is 172. The monoisotopic (exact) mass is 259 g/mol. The number of carbonyl (C=O) groups excluding carboxylic acids is 1. The maximum atomic E-state index is 11.1. The van der Waals surface area contributed by atoms with Crippen LogP contribution in [-0.2, 0) is 9.53 Å². The highest BCUT2D eigenvalue weighted by Crippen LogP contribution is 2.11. The summed E-state index contributed by atoms with van der Waals surface area (Å²) in [5, 5.41) is 0. The molecular formula is C15H33NO2. The second-order valence-electron chi connectivity index (χ2n) is 4.74. The van der Waals surface area contributed by atoms with Gasteiger partial charge in [0.05, 0.1) is 6.61 Å². The van der Waals surface area contributed by atoms with E-state index in [9.17, 15) is 4.79 Å². The van der Waals surface area contributed by atoms with Crippen LogP contribution in [0.2, 0.25) is 0 Å². The fourth-order valence-electron chi connectivity index (χ4n) is 1.99. The maximum absolute atomic E-state index is 11.1. The standard InChI is InChI=1S/C15H30O2.H3N/c1-3-5-6-7-8-9-10-11-12-13-14-15(16)17-4-2;/h3-14H2,1-2H3;1H3. The van der Waals surface area contributed by atoms with Gasteiger partial charge in [0.1, 0.15) is 0 Å². The molecule has 18 heavy (non-hydrogen) atoms. The van der Waals surface area contributed by atoms with Crippen LogP contribution in [0.5, 0.6) is 0 Å². The second-order valence-corrected chi connectivity index (χ2v) is 4.74. The van der Waals surface area contributed by atoms with Crippen molar-refractivity contribution in [1.82, 2.24) is 6.15 Å². The van der Waals surface area contributed by atoms with Crippen LogP contribution in [0.1, 0.15) is 84.5 Å². The van der Waals surface area contributed by atoms with Gasteiger partial charge in [-0.05, 0) is 13.3 Å². The van der Waals surface area contributed by atoms with Crippen LogP contribution in [0.15, 0.2) is 0 Å². The Morgan fingerprint density at radius 3 is 1.67 bits per heavy atom. The fourth-order valence-corrected chi connectivity index (χ4v) is 1.99. The molecule has 0 bridgehead atoms. The Kier molecular flexibility index (Phi) is 18.0. The van der Waals surface area contributed by atoms with E-state index in [4.69, 9.17) is 4.74 Å². The van der Waals surface area contributed by atoms with Gasteiger partial charge in [0.25, 0.3) is 0 Å². The molecule has 0 fully saturated rings. The summed E-state index contributed by atoms with van der Waals surface area (Å²) in [5.41, 5.74) is 0. The molecule has 0 aromatic heterocycles. The second kappa shape index (κ2) is 16.4. The molecule has 0 radical (unpaired) electrons. The average Bonchev–Trinajstić information content (AvgIpc) is 2.32. The molecule has 0 rings (SSSR count). The maximum Gasteiger partial charge on any atom is 0.305 e. The van der Waals surface area contributed by atoms with Crippen LogP contribution in [0.4, 0.5) is 0 Å². The van der Waals surface area contributed by atoms with Crippen LogP contribution >= 0.6 is 0 Å². The molecule has 0 unspecified atom stereocenters. The first-order chi connectivity index (χ1) is 8.31. The quantitative estimate of drug-likeness (QED) is 0.395. The summed E-state index contributed by atoms with van der Waals surface area (Å²) in [6, 6.07) is 0. The van der Waals surface area contributed by atoms with Crippen molar-refractivity contribution in [3.8, 4) is 0 Å². The Balaban J connectivity index is 0. The van der Waals surface area contributed by atoms with Gasteiger partial charge in [-0.15, -0.1) is 0 Å². The van der Waals surface area contributed by atoms with E-state index >= 15 is 0 Å². The van der Waals surface area contributed by atoms with E-state index in [1.807, 2.05) is 6.92 Å². The van der Waals surface area contributed by atoms with Gasteiger partial charge < -0.3 is 10.9 Å². The topological polar surface area (TPSA) is 61.3 Å². The molecule has 0 aliphatic heterocycles. The van der Waals surface area contributed by atoms with Gasteiger partial charge >= 0.3 is 5.97 Å². The minimum atomic E-state index is -0.0351. The molecule has 0 spiro atoms. The summed E-state index contributed by atoms with van der Waals surface area (Å²) in [6.07, 6.45) is 13.6. The van der Waals surface area contributed by atoms with Crippen molar-refractivity contribution in [3.63, 3.8) is 0 Å². The van der Waals surface area contributed by atoms with Crippen molar-refractivity contribution < 1.29 is 9.53 Å². The highest BCUT2D eigenvalue weighted by atomic mass is 16.5. The first-order valence-corrected chi connectivity index (χ1v) is 7.46. The zero-order chi connectivity index (χ0) is 12.8. The first-order valence-electron chi connectivity index (χ1n) is 7.46. The van der Waals surface area contributed by atoms with Gasteiger partial charge in [0.15, 0.2) is 0 Å². The summed E-state index contributed by atoms with van der Waals surface area (Å²) in [5.74, 6) is -0.0351. The number of ether oxygens (including phenoxy) is 1. The van der Waals surface area contributed by atoms with Crippen LogP contribution in [0.25, 0.3) is 0 Å². The largest absolute Gasteiger partial charge is 0.466 e. The third-order valence-electron chi connectivity index (χ3n) is 3.04. The third kappa shape index (κ3) is 15.4. The number of hydrogen-bond donors (Lipinski definition) is 1. The lowest BCUT2D eigenvalue weighted by atomic mass is 10.1. The van der Waals surface area contributed by atoms with E-state index in [-0.39, 0.29) is 12.1 Å². The van der Waals surface area contributed by atoms with Gasteiger partial charge in [-0.2, -0.15) is 0 Å². The van der Waals surface area contributed by atoms with Gasteiger partial charge in [0.2, 0.25) is 0 Å². The van der Waals surface area contributed by atoms with E-state index < -0.39 is 0 Å². The molecule has 3 heteroatoms. The SMILES string of the molecule is CCCCCCCCCCCCC(=O)OCC.N. The summed E-state index contributed by atoms with van der Waals surface area (Å²) in [7, 11) is 0. The molecule has 3 N–H and O–H groups in total. The molecule has 0 aromatic rings. The van der Waals surface area contributed by atoms with E-state index in [0.29, 0.717) is 13.0 Å². The van der Waals surface area contributed by atoms with Crippen LogP contribution in [0, 0.1) is 0 Å². The molecule has 0 atom stereocenters. The normalized spacial score (nSPS) is 9.89. The lowest BCUT2D eigenvalue weighted by Gasteiger charge is -2.02. The predicted molar refractivity (Wildman–Crippen MR) is 78.1 cm³/mol. The molecule has 3 nitrogen and oxygen atoms in total. The third-order valence-corrected chi connectivity index (χ3v) is 3.04. The van der Waals surface area contributed by atoms with Crippen LogP contribution < -0.4 is 6.15 Å². The number of carbonyl (C=O) groups is 1. The highest BCUT2D eigenvalue weighted by Gasteiger charge is 2.00. The van der Waals surface area contributed by atoms with E-state index in [2.05, 4.69) is 6.92 Å². The summed E-state index contributed by atoms with van der Waals surface area (Å²) in [4.78, 5) is 11.1. The Morgan fingerprint density at radius 1 is 0.778 bits per heavy atom. The lowest BCUT2D eigenvalue weighted by Crippen LogP contribution is -2.03. The number of unbranched alkanes of at least 4 members (excludes halogenated alkanes) is 9. The molecule has 0 amide bonds. The van der Waals surface area contributed by atoms with Gasteiger partial charge in [-0.3, -0.25) is 4.79 Å². The smallest absolute Gasteiger partial charge is 0.305 e. The summed E-state index contributed by atoms with van der Waals surface area (Å²) >= 11 is 0. The molecule has 0 aliphatic carbocycles. The zero-order valence-electron chi connectivity index (χ0n) is 12.5. The average molecular weight is 259 g/mol. The van der Waals surface area contributed by atoms with Crippen LogP contribution in [-0.4, -0.2) is 12.6 Å². The van der Waals surface area contributed by atoms with E-state index in [0.717, 1.165) is 6.42 Å². The molecular weight excluding hydrogens is 226 g/mol. The minimum absolute atomic E-state index is 0. The van der Waals surface area contributed by atoms with Gasteiger partial charge in [-0.25, -0.2) is 0 Å². The Labute approximate surface area is 113 Å². The predicted octanol–water partition coefficient (Wildman–Crippen LogP) is 5.02. The number of hydrogen-bond acceptors (Lipinski definition) is 3.